The van der Waals surface area contributed by atoms with Crippen LogP contribution in [0.4, 0.5) is 4.39 Å². The molecule has 0 bridgehead atoms. The fourth-order valence-electron chi connectivity index (χ4n) is 2.59. The van der Waals surface area contributed by atoms with Gasteiger partial charge in [0.15, 0.2) is 0 Å². The number of nitrogens with zero attached hydrogens (tertiary/aromatic N) is 2. The first kappa shape index (κ1) is 12.3. The maximum Gasteiger partial charge on any atom is 0.128 e. The lowest BCUT2D eigenvalue weighted by Crippen LogP contribution is -1.87. The van der Waals surface area contributed by atoms with Gasteiger partial charge in [-0.25, -0.2) is 14.4 Å². The molecule has 3 aromatic rings. The lowest BCUT2D eigenvalue weighted by Gasteiger charge is -2.03. The highest BCUT2D eigenvalue weighted by molar-refractivity contribution is 7.99. The molecule has 100 valence electrons. The third-order valence-electron chi connectivity index (χ3n) is 3.49. The molecular formula is C15H11FN2S2. The molecule has 1 aliphatic rings. The average Bonchev–Trinajstić information content (AvgIpc) is 3.02. The number of benzene rings is 1. The maximum absolute atomic E-state index is 13.0. The Labute approximate surface area is 124 Å². The van der Waals surface area contributed by atoms with Crippen LogP contribution in [0.25, 0.3) is 10.2 Å². The molecule has 5 heteroatoms. The predicted octanol–water partition coefficient (Wildman–Crippen LogP) is 4.47. The van der Waals surface area contributed by atoms with Crippen LogP contribution in [0.3, 0.4) is 0 Å². The van der Waals surface area contributed by atoms with Crippen molar-refractivity contribution in [2.24, 2.45) is 0 Å². The number of fused-ring (bicyclic) bond motifs is 3. The molecule has 0 N–H and O–H groups in total. The van der Waals surface area contributed by atoms with Crippen molar-refractivity contribution in [3.8, 4) is 0 Å². The van der Waals surface area contributed by atoms with Crippen molar-refractivity contribution in [2.75, 3.05) is 0 Å². The van der Waals surface area contributed by atoms with Crippen molar-refractivity contribution >= 4 is 33.3 Å². The van der Waals surface area contributed by atoms with Crippen LogP contribution in [0.1, 0.15) is 16.9 Å². The van der Waals surface area contributed by atoms with Crippen LogP contribution in [0.2, 0.25) is 0 Å². The number of aromatic nitrogens is 2. The summed E-state index contributed by atoms with van der Waals surface area (Å²) in [5.41, 5.74) is 1.43. The van der Waals surface area contributed by atoms with Crippen molar-refractivity contribution in [3.63, 3.8) is 0 Å². The fraction of sp³-hybridized carbons (Fsp3) is 0.200. The monoisotopic (exact) mass is 302 g/mol. The second-order valence-corrected chi connectivity index (χ2v) is 6.92. The number of aryl methyl sites for hydroxylation is 2. The van der Waals surface area contributed by atoms with Gasteiger partial charge in [0, 0.05) is 15.2 Å². The largest absolute Gasteiger partial charge is 0.229 e. The highest BCUT2D eigenvalue weighted by Gasteiger charge is 2.21. The van der Waals surface area contributed by atoms with E-state index in [9.17, 15) is 4.39 Å². The van der Waals surface area contributed by atoms with Gasteiger partial charge in [0.05, 0.1) is 0 Å². The summed E-state index contributed by atoms with van der Waals surface area (Å²) in [7, 11) is 0. The molecule has 0 aliphatic heterocycles. The molecule has 1 aliphatic carbocycles. The van der Waals surface area contributed by atoms with E-state index < -0.39 is 0 Å². The molecule has 0 atom stereocenters. The summed E-state index contributed by atoms with van der Waals surface area (Å²) in [6, 6.07) is 6.55. The van der Waals surface area contributed by atoms with Gasteiger partial charge in [-0.05, 0) is 49.1 Å². The molecule has 0 unspecified atom stereocenters. The van der Waals surface area contributed by atoms with Crippen molar-refractivity contribution in [1.82, 2.24) is 9.97 Å². The molecule has 0 saturated carbocycles. The number of hydrogen-bond donors (Lipinski definition) is 0. The zero-order chi connectivity index (χ0) is 13.5. The summed E-state index contributed by atoms with van der Waals surface area (Å²) in [5.74, 6) is -0.210. The molecule has 4 rings (SSSR count). The summed E-state index contributed by atoms with van der Waals surface area (Å²) in [5, 5.41) is 2.19. The second kappa shape index (κ2) is 4.82. The summed E-state index contributed by atoms with van der Waals surface area (Å²) in [6.45, 7) is 0. The number of hydrogen-bond acceptors (Lipinski definition) is 4. The van der Waals surface area contributed by atoms with Crippen LogP contribution in [-0.4, -0.2) is 9.97 Å². The topological polar surface area (TPSA) is 25.8 Å². The van der Waals surface area contributed by atoms with Gasteiger partial charge in [-0.15, -0.1) is 11.3 Å². The van der Waals surface area contributed by atoms with E-state index in [-0.39, 0.29) is 5.82 Å². The van der Waals surface area contributed by atoms with Crippen LogP contribution < -0.4 is 0 Å². The van der Waals surface area contributed by atoms with Crippen molar-refractivity contribution in [2.45, 2.75) is 29.2 Å². The molecule has 2 aromatic heterocycles. The summed E-state index contributed by atoms with van der Waals surface area (Å²) >= 11 is 3.37. The van der Waals surface area contributed by atoms with E-state index >= 15 is 0 Å². The molecule has 0 spiro atoms. The van der Waals surface area contributed by atoms with Gasteiger partial charge >= 0.3 is 0 Å². The Bertz CT molecular complexity index is 780. The van der Waals surface area contributed by atoms with Crippen molar-refractivity contribution in [1.29, 1.82) is 0 Å². The smallest absolute Gasteiger partial charge is 0.128 e. The Hall–Kier alpha value is -1.46. The average molecular weight is 302 g/mol. The van der Waals surface area contributed by atoms with Crippen LogP contribution in [-0.2, 0) is 12.8 Å². The highest BCUT2D eigenvalue weighted by Crippen LogP contribution is 2.41. The Morgan fingerprint density at radius 1 is 1.10 bits per heavy atom. The minimum atomic E-state index is -0.210. The highest BCUT2D eigenvalue weighted by atomic mass is 32.2. The number of halogens is 1. The third kappa shape index (κ3) is 2.01. The van der Waals surface area contributed by atoms with Gasteiger partial charge in [0.1, 0.15) is 22.0 Å². The van der Waals surface area contributed by atoms with E-state index in [4.69, 9.17) is 0 Å². The Balaban J connectivity index is 1.81. The summed E-state index contributed by atoms with van der Waals surface area (Å²) in [4.78, 5) is 12.4. The standard InChI is InChI=1S/C15H11FN2S2/c16-9-4-6-10(7-5-9)19-14-13-11-2-1-3-12(11)20-15(13)18-8-17-14/h4-8H,1-3H2. The van der Waals surface area contributed by atoms with E-state index in [1.54, 1.807) is 41.6 Å². The van der Waals surface area contributed by atoms with Crippen LogP contribution in [0.15, 0.2) is 40.5 Å². The van der Waals surface area contributed by atoms with Gasteiger partial charge < -0.3 is 0 Å². The van der Waals surface area contributed by atoms with Crippen molar-refractivity contribution < 1.29 is 4.39 Å². The maximum atomic E-state index is 13.0. The zero-order valence-corrected chi connectivity index (χ0v) is 12.2. The predicted molar refractivity (Wildman–Crippen MR) is 80.0 cm³/mol. The Morgan fingerprint density at radius 3 is 2.80 bits per heavy atom. The fourth-order valence-corrected chi connectivity index (χ4v) is 4.80. The first-order valence-electron chi connectivity index (χ1n) is 6.50. The van der Waals surface area contributed by atoms with E-state index in [1.807, 2.05) is 0 Å². The Kier molecular flexibility index (Phi) is 2.97. The first-order chi connectivity index (χ1) is 9.81. The summed E-state index contributed by atoms with van der Waals surface area (Å²) in [6.07, 6.45) is 5.14. The minimum Gasteiger partial charge on any atom is -0.229 e. The van der Waals surface area contributed by atoms with E-state index in [0.717, 1.165) is 27.6 Å². The number of thiophene rings is 1. The lowest BCUT2D eigenvalue weighted by atomic mass is 10.2. The summed E-state index contributed by atoms with van der Waals surface area (Å²) < 4.78 is 13.0. The Morgan fingerprint density at radius 2 is 1.95 bits per heavy atom. The second-order valence-electron chi connectivity index (χ2n) is 4.77. The van der Waals surface area contributed by atoms with E-state index in [1.165, 1.54) is 34.4 Å². The quantitative estimate of drug-likeness (QED) is 0.653. The normalized spacial score (nSPS) is 13.8. The van der Waals surface area contributed by atoms with Gasteiger partial charge in [-0.1, -0.05) is 11.8 Å². The molecule has 0 saturated heterocycles. The van der Waals surface area contributed by atoms with Crippen molar-refractivity contribution in [3.05, 3.63) is 46.9 Å². The van der Waals surface area contributed by atoms with Crippen LogP contribution in [0.5, 0.6) is 0 Å². The molecule has 1 aromatic carbocycles. The van der Waals surface area contributed by atoms with E-state index in [0.29, 0.717) is 0 Å². The molecule has 20 heavy (non-hydrogen) atoms. The lowest BCUT2D eigenvalue weighted by molar-refractivity contribution is 0.626. The van der Waals surface area contributed by atoms with Gasteiger partial charge in [0.25, 0.3) is 0 Å². The molecule has 2 nitrogen and oxygen atoms in total. The minimum absolute atomic E-state index is 0.210. The van der Waals surface area contributed by atoms with E-state index in [2.05, 4.69) is 9.97 Å². The molecule has 0 amide bonds. The molecule has 2 heterocycles. The van der Waals surface area contributed by atoms with Gasteiger partial charge in [-0.2, -0.15) is 0 Å². The molecular weight excluding hydrogens is 291 g/mol. The van der Waals surface area contributed by atoms with Gasteiger partial charge in [0.2, 0.25) is 0 Å². The SMILES string of the molecule is Fc1ccc(Sc2ncnc3sc4c(c23)CCC4)cc1. The van der Waals surface area contributed by atoms with Crippen LogP contribution >= 0.6 is 23.1 Å². The molecule has 0 radical (unpaired) electrons. The first-order valence-corrected chi connectivity index (χ1v) is 8.13. The zero-order valence-electron chi connectivity index (χ0n) is 10.6. The third-order valence-corrected chi connectivity index (χ3v) is 5.71. The number of rotatable bonds is 2. The van der Waals surface area contributed by atoms with Crippen LogP contribution in [0, 0.1) is 5.82 Å². The molecule has 0 fully saturated rings. The van der Waals surface area contributed by atoms with Gasteiger partial charge in [-0.3, -0.25) is 0 Å².